The predicted molar refractivity (Wildman–Crippen MR) is 59.1 cm³/mol. The van der Waals surface area contributed by atoms with E-state index in [4.69, 9.17) is 9.84 Å². The summed E-state index contributed by atoms with van der Waals surface area (Å²) in [5.41, 5.74) is -0.421. The smallest absolute Gasteiger partial charge is 0.313 e. The zero-order valence-corrected chi connectivity index (χ0v) is 10.0. The Bertz CT molecular complexity index is 230. The highest BCUT2D eigenvalue weighted by atomic mass is 32.2. The lowest BCUT2D eigenvalue weighted by Crippen LogP contribution is -2.47. The van der Waals surface area contributed by atoms with Crippen LogP contribution in [0.4, 0.5) is 0 Å². The van der Waals surface area contributed by atoms with Gasteiger partial charge < -0.3 is 15.2 Å². The van der Waals surface area contributed by atoms with Crippen molar-refractivity contribution >= 4 is 23.6 Å². The van der Waals surface area contributed by atoms with Gasteiger partial charge in [-0.1, -0.05) is 0 Å². The summed E-state index contributed by atoms with van der Waals surface area (Å²) in [7, 11) is 1.56. The Morgan fingerprint density at radius 2 is 2.00 bits per heavy atom. The summed E-state index contributed by atoms with van der Waals surface area (Å²) < 4.78 is 4.93. The molecule has 88 valence electrons. The number of nitrogens with one attached hydrogen (secondary N) is 1. The lowest BCUT2D eigenvalue weighted by molar-refractivity contribution is -0.133. The molecule has 0 unspecified atom stereocenters. The fourth-order valence-corrected chi connectivity index (χ4v) is 1.58. The Kier molecular flexibility index (Phi) is 6.35. The minimum atomic E-state index is -0.913. The van der Waals surface area contributed by atoms with Gasteiger partial charge in [-0.3, -0.25) is 9.59 Å². The molecular formula is C9H17NO4S. The van der Waals surface area contributed by atoms with Gasteiger partial charge in [0.25, 0.3) is 0 Å². The van der Waals surface area contributed by atoms with Crippen molar-refractivity contribution < 1.29 is 19.4 Å². The maximum atomic E-state index is 11.3. The summed E-state index contributed by atoms with van der Waals surface area (Å²) in [6.07, 6.45) is 0. The summed E-state index contributed by atoms with van der Waals surface area (Å²) in [4.78, 5) is 21.5. The van der Waals surface area contributed by atoms with Crippen LogP contribution in [0.3, 0.4) is 0 Å². The Morgan fingerprint density at radius 3 is 2.47 bits per heavy atom. The molecule has 0 bridgehead atoms. The second kappa shape index (κ2) is 6.68. The Hall–Kier alpha value is -0.750. The minimum absolute atomic E-state index is 0.0574. The maximum absolute atomic E-state index is 11.3. The molecule has 0 heterocycles. The Morgan fingerprint density at radius 1 is 1.40 bits per heavy atom. The molecule has 15 heavy (non-hydrogen) atoms. The molecule has 0 spiro atoms. The predicted octanol–water partition coefficient (Wildman–Crippen LogP) is 0.345. The van der Waals surface area contributed by atoms with Crippen molar-refractivity contribution in [2.75, 3.05) is 25.2 Å². The number of amides is 1. The van der Waals surface area contributed by atoms with Crippen molar-refractivity contribution in [3.63, 3.8) is 0 Å². The van der Waals surface area contributed by atoms with Gasteiger partial charge in [0.2, 0.25) is 5.91 Å². The van der Waals surface area contributed by atoms with E-state index in [0.717, 1.165) is 11.8 Å². The van der Waals surface area contributed by atoms with Crippen molar-refractivity contribution in [2.45, 2.75) is 19.4 Å². The zero-order valence-electron chi connectivity index (χ0n) is 9.20. The molecule has 1 amide bonds. The van der Waals surface area contributed by atoms with Gasteiger partial charge >= 0.3 is 5.97 Å². The summed E-state index contributed by atoms with van der Waals surface area (Å²) >= 11 is 1.08. The number of carboxylic acid groups (broad SMARTS) is 1. The van der Waals surface area contributed by atoms with Gasteiger partial charge in [-0.05, 0) is 13.8 Å². The standard InChI is InChI=1S/C9H17NO4S/c1-9(2,6-14-3)10-7(11)4-15-5-8(12)13/h4-6H2,1-3H3,(H,10,11)(H,12,13). The van der Waals surface area contributed by atoms with Crippen LogP contribution in [0.2, 0.25) is 0 Å². The van der Waals surface area contributed by atoms with Gasteiger partial charge in [-0.2, -0.15) is 0 Å². The third-order valence-corrected chi connectivity index (χ3v) is 2.36. The van der Waals surface area contributed by atoms with E-state index in [-0.39, 0.29) is 17.4 Å². The molecule has 0 aromatic heterocycles. The van der Waals surface area contributed by atoms with Crippen molar-refractivity contribution in [1.82, 2.24) is 5.32 Å². The summed E-state index contributed by atoms with van der Waals surface area (Å²) in [6, 6.07) is 0. The quantitative estimate of drug-likeness (QED) is 0.665. The Balaban J connectivity index is 3.77. The van der Waals surface area contributed by atoms with Crippen LogP contribution in [0.5, 0.6) is 0 Å². The first-order chi connectivity index (χ1) is 6.87. The lowest BCUT2D eigenvalue weighted by atomic mass is 10.1. The number of hydrogen-bond acceptors (Lipinski definition) is 4. The lowest BCUT2D eigenvalue weighted by Gasteiger charge is -2.25. The van der Waals surface area contributed by atoms with E-state index in [1.54, 1.807) is 7.11 Å². The molecule has 5 nitrogen and oxygen atoms in total. The topological polar surface area (TPSA) is 75.6 Å². The molecule has 0 aliphatic carbocycles. The van der Waals surface area contributed by atoms with Gasteiger partial charge in [0.15, 0.2) is 0 Å². The van der Waals surface area contributed by atoms with Crippen molar-refractivity contribution in [3.8, 4) is 0 Å². The monoisotopic (exact) mass is 235 g/mol. The summed E-state index contributed by atoms with van der Waals surface area (Å²) in [6.45, 7) is 4.11. The first kappa shape index (κ1) is 14.2. The van der Waals surface area contributed by atoms with Crippen molar-refractivity contribution in [1.29, 1.82) is 0 Å². The zero-order chi connectivity index (χ0) is 11.9. The SMILES string of the molecule is COCC(C)(C)NC(=O)CSCC(=O)O. The fourth-order valence-electron chi connectivity index (χ4n) is 1.04. The first-order valence-corrected chi connectivity index (χ1v) is 5.62. The molecule has 2 N–H and O–H groups in total. The highest BCUT2D eigenvalue weighted by Gasteiger charge is 2.19. The number of methoxy groups -OCH3 is 1. The van der Waals surface area contributed by atoms with Gasteiger partial charge in [0, 0.05) is 7.11 Å². The molecule has 0 radical (unpaired) electrons. The van der Waals surface area contributed by atoms with E-state index in [1.807, 2.05) is 13.8 Å². The molecule has 0 aromatic rings. The second-order valence-electron chi connectivity index (χ2n) is 3.75. The van der Waals surface area contributed by atoms with Gasteiger partial charge in [-0.25, -0.2) is 0 Å². The highest BCUT2D eigenvalue weighted by Crippen LogP contribution is 2.04. The van der Waals surface area contributed by atoms with Crippen molar-refractivity contribution in [3.05, 3.63) is 0 Å². The van der Waals surface area contributed by atoms with Crippen molar-refractivity contribution in [2.24, 2.45) is 0 Å². The molecule has 0 aliphatic heterocycles. The third kappa shape index (κ3) is 8.26. The van der Waals surface area contributed by atoms with Crippen LogP contribution in [0.15, 0.2) is 0 Å². The van der Waals surface area contributed by atoms with Crippen LogP contribution in [0.1, 0.15) is 13.8 Å². The number of carbonyl (C=O) groups is 2. The van der Waals surface area contributed by atoms with E-state index >= 15 is 0 Å². The molecule has 0 aliphatic rings. The highest BCUT2D eigenvalue weighted by molar-refractivity contribution is 8.00. The largest absolute Gasteiger partial charge is 0.481 e. The minimum Gasteiger partial charge on any atom is -0.481 e. The molecule has 6 heteroatoms. The molecular weight excluding hydrogens is 218 g/mol. The van der Waals surface area contributed by atoms with E-state index in [0.29, 0.717) is 6.61 Å². The molecule has 0 atom stereocenters. The van der Waals surface area contributed by atoms with Crippen LogP contribution < -0.4 is 5.32 Å². The number of ether oxygens (including phenoxy) is 1. The van der Waals surface area contributed by atoms with E-state index < -0.39 is 11.5 Å². The fraction of sp³-hybridized carbons (Fsp3) is 0.778. The van der Waals surface area contributed by atoms with E-state index in [2.05, 4.69) is 5.32 Å². The van der Waals surface area contributed by atoms with Crippen LogP contribution >= 0.6 is 11.8 Å². The van der Waals surface area contributed by atoms with Gasteiger partial charge in [0.05, 0.1) is 23.7 Å². The molecule has 0 aromatic carbocycles. The number of aliphatic carboxylic acids is 1. The van der Waals surface area contributed by atoms with Crippen LogP contribution in [-0.4, -0.2) is 47.7 Å². The maximum Gasteiger partial charge on any atom is 0.313 e. The number of carbonyl (C=O) groups excluding carboxylic acids is 1. The molecule has 0 saturated heterocycles. The van der Waals surface area contributed by atoms with Crippen LogP contribution in [-0.2, 0) is 14.3 Å². The molecule has 0 fully saturated rings. The van der Waals surface area contributed by atoms with E-state index in [9.17, 15) is 9.59 Å². The number of rotatable bonds is 7. The Labute approximate surface area is 93.6 Å². The average Bonchev–Trinajstić information content (AvgIpc) is 2.01. The summed E-state index contributed by atoms with van der Waals surface area (Å²) in [5, 5.41) is 11.1. The van der Waals surface area contributed by atoms with Crippen LogP contribution in [0.25, 0.3) is 0 Å². The van der Waals surface area contributed by atoms with Gasteiger partial charge in [0.1, 0.15) is 0 Å². The number of hydrogen-bond donors (Lipinski definition) is 2. The molecule has 0 saturated carbocycles. The normalized spacial score (nSPS) is 11.1. The third-order valence-electron chi connectivity index (χ3n) is 1.44. The van der Waals surface area contributed by atoms with Crippen LogP contribution in [0, 0.1) is 0 Å². The first-order valence-electron chi connectivity index (χ1n) is 4.47. The second-order valence-corrected chi connectivity index (χ2v) is 4.74. The summed E-state index contributed by atoms with van der Waals surface area (Å²) in [5.74, 6) is -0.996. The number of carboxylic acids is 1. The van der Waals surface area contributed by atoms with E-state index in [1.165, 1.54) is 0 Å². The molecule has 0 rings (SSSR count). The average molecular weight is 235 g/mol. The number of thioether (sulfide) groups is 1. The van der Waals surface area contributed by atoms with Gasteiger partial charge in [-0.15, -0.1) is 11.8 Å².